The van der Waals surface area contributed by atoms with Crippen molar-refractivity contribution >= 4 is 6.03 Å². The predicted octanol–water partition coefficient (Wildman–Crippen LogP) is 2.89. The Balaban J connectivity index is 2.02. The summed E-state index contributed by atoms with van der Waals surface area (Å²) in [6.45, 7) is 8.31. The molecular weight excluding hydrogens is 321 g/mol. The van der Waals surface area contributed by atoms with Crippen molar-refractivity contribution in [3.63, 3.8) is 0 Å². The molecule has 2 rings (SSSR count). The second-order valence-corrected chi connectivity index (χ2v) is 6.80. The molecule has 0 aliphatic carbocycles. The fourth-order valence-electron chi connectivity index (χ4n) is 3.06. The maximum Gasteiger partial charge on any atom is 0.317 e. The van der Waals surface area contributed by atoms with Crippen LogP contribution in [0.4, 0.5) is 9.18 Å². The Morgan fingerprint density at radius 1 is 1.40 bits per heavy atom. The third-order valence-corrected chi connectivity index (χ3v) is 4.80. The Morgan fingerprint density at radius 3 is 2.76 bits per heavy atom. The van der Waals surface area contributed by atoms with Crippen molar-refractivity contribution in [1.29, 1.82) is 0 Å². The van der Waals surface area contributed by atoms with Crippen LogP contribution in [0, 0.1) is 11.7 Å². The zero-order valence-corrected chi connectivity index (χ0v) is 15.5. The van der Waals surface area contributed by atoms with Gasteiger partial charge in [-0.05, 0) is 23.6 Å². The summed E-state index contributed by atoms with van der Waals surface area (Å²) in [6, 6.07) is 6.48. The van der Waals surface area contributed by atoms with Crippen LogP contribution >= 0.6 is 0 Å². The van der Waals surface area contributed by atoms with Crippen LogP contribution in [-0.4, -0.2) is 62.3 Å². The zero-order valence-electron chi connectivity index (χ0n) is 15.5. The van der Waals surface area contributed by atoms with E-state index in [1.165, 1.54) is 6.07 Å². The summed E-state index contributed by atoms with van der Waals surface area (Å²) in [7, 11) is 1.81. The minimum Gasteiger partial charge on any atom is -0.379 e. The molecule has 0 saturated carbocycles. The summed E-state index contributed by atoms with van der Waals surface area (Å²) in [5.41, 5.74) is 0.881. The number of ether oxygens (including phenoxy) is 1. The molecule has 2 atom stereocenters. The fraction of sp³-hybridized carbons (Fsp3) is 0.632. The molecule has 2 unspecified atom stereocenters. The van der Waals surface area contributed by atoms with Gasteiger partial charge in [0.2, 0.25) is 0 Å². The standard InChI is InChI=1S/C19H30FN3O2/c1-4-15(2)14-22(3)19(24)21-13-18(23-8-10-25-11-9-23)16-6-5-7-17(20)12-16/h5-7,12,15,18H,4,8-11,13-14H2,1-3H3,(H,21,24). The van der Waals surface area contributed by atoms with E-state index in [-0.39, 0.29) is 17.9 Å². The normalized spacial score (nSPS) is 17.8. The molecule has 1 aromatic carbocycles. The van der Waals surface area contributed by atoms with E-state index in [1.807, 2.05) is 13.1 Å². The minimum atomic E-state index is -0.254. The van der Waals surface area contributed by atoms with Crippen LogP contribution in [0.3, 0.4) is 0 Å². The summed E-state index contributed by atoms with van der Waals surface area (Å²) in [5.74, 6) is 0.213. The van der Waals surface area contributed by atoms with Crippen molar-refractivity contribution in [3.8, 4) is 0 Å². The smallest absolute Gasteiger partial charge is 0.317 e. The van der Waals surface area contributed by atoms with Gasteiger partial charge in [-0.3, -0.25) is 4.90 Å². The highest BCUT2D eigenvalue weighted by molar-refractivity contribution is 5.73. The van der Waals surface area contributed by atoms with Crippen molar-refractivity contribution < 1.29 is 13.9 Å². The van der Waals surface area contributed by atoms with Gasteiger partial charge in [-0.25, -0.2) is 9.18 Å². The monoisotopic (exact) mass is 351 g/mol. The van der Waals surface area contributed by atoms with Crippen LogP contribution in [0.1, 0.15) is 31.9 Å². The van der Waals surface area contributed by atoms with Gasteiger partial charge in [0.1, 0.15) is 5.82 Å². The second-order valence-electron chi connectivity index (χ2n) is 6.80. The lowest BCUT2D eigenvalue weighted by atomic mass is 10.0. The quantitative estimate of drug-likeness (QED) is 0.822. The summed E-state index contributed by atoms with van der Waals surface area (Å²) >= 11 is 0. The van der Waals surface area contributed by atoms with E-state index in [0.717, 1.165) is 31.6 Å². The van der Waals surface area contributed by atoms with E-state index in [1.54, 1.807) is 17.0 Å². The van der Waals surface area contributed by atoms with Crippen LogP contribution in [0.25, 0.3) is 0 Å². The van der Waals surface area contributed by atoms with Gasteiger partial charge < -0.3 is 15.0 Å². The molecular formula is C19H30FN3O2. The van der Waals surface area contributed by atoms with Crippen molar-refractivity contribution in [3.05, 3.63) is 35.6 Å². The number of hydrogen-bond acceptors (Lipinski definition) is 3. The lowest BCUT2D eigenvalue weighted by Crippen LogP contribution is -2.46. The zero-order chi connectivity index (χ0) is 18.2. The first-order valence-electron chi connectivity index (χ1n) is 9.07. The molecule has 0 spiro atoms. The van der Waals surface area contributed by atoms with Crippen LogP contribution in [0.2, 0.25) is 0 Å². The molecule has 1 aliphatic heterocycles. The number of carbonyl (C=O) groups is 1. The number of hydrogen-bond donors (Lipinski definition) is 1. The van der Waals surface area contributed by atoms with Crippen molar-refractivity contribution in [2.45, 2.75) is 26.3 Å². The molecule has 5 nitrogen and oxygen atoms in total. The molecule has 1 aromatic rings. The van der Waals surface area contributed by atoms with Gasteiger partial charge in [-0.1, -0.05) is 32.4 Å². The van der Waals surface area contributed by atoms with E-state index in [4.69, 9.17) is 4.74 Å². The molecule has 2 amide bonds. The number of benzene rings is 1. The van der Waals surface area contributed by atoms with Gasteiger partial charge in [-0.2, -0.15) is 0 Å². The molecule has 1 N–H and O–H groups in total. The van der Waals surface area contributed by atoms with E-state index in [2.05, 4.69) is 24.1 Å². The number of nitrogens with zero attached hydrogens (tertiary/aromatic N) is 2. The Hall–Kier alpha value is -1.66. The van der Waals surface area contributed by atoms with Crippen LogP contribution < -0.4 is 5.32 Å². The molecule has 0 bridgehead atoms. The summed E-state index contributed by atoms with van der Waals surface area (Å²) in [6.07, 6.45) is 1.04. The molecule has 1 aliphatic rings. The van der Waals surface area contributed by atoms with Gasteiger partial charge in [0, 0.05) is 33.2 Å². The molecule has 1 heterocycles. The van der Waals surface area contributed by atoms with Crippen molar-refractivity contribution in [2.75, 3.05) is 46.4 Å². The number of amides is 2. The Kier molecular flexibility index (Phi) is 7.65. The Bertz CT molecular complexity index is 549. The third kappa shape index (κ3) is 5.97. The van der Waals surface area contributed by atoms with Gasteiger partial charge >= 0.3 is 6.03 Å². The van der Waals surface area contributed by atoms with Crippen LogP contribution in [0.15, 0.2) is 24.3 Å². The maximum absolute atomic E-state index is 13.7. The first kappa shape index (κ1) is 19.7. The summed E-state index contributed by atoms with van der Waals surface area (Å²) in [5, 5.41) is 3.01. The molecule has 1 saturated heterocycles. The van der Waals surface area contributed by atoms with E-state index in [9.17, 15) is 9.18 Å². The largest absolute Gasteiger partial charge is 0.379 e. The van der Waals surface area contributed by atoms with Gasteiger partial charge in [-0.15, -0.1) is 0 Å². The molecule has 140 valence electrons. The number of halogens is 1. The number of nitrogens with one attached hydrogen (secondary N) is 1. The summed E-state index contributed by atoms with van der Waals surface area (Å²) in [4.78, 5) is 16.3. The highest BCUT2D eigenvalue weighted by atomic mass is 19.1. The molecule has 0 aromatic heterocycles. The van der Waals surface area contributed by atoms with Crippen molar-refractivity contribution in [1.82, 2.24) is 15.1 Å². The first-order valence-corrected chi connectivity index (χ1v) is 9.07. The number of urea groups is 1. The average Bonchev–Trinajstić information content (AvgIpc) is 2.62. The van der Waals surface area contributed by atoms with E-state index < -0.39 is 0 Å². The van der Waals surface area contributed by atoms with Crippen molar-refractivity contribution in [2.24, 2.45) is 5.92 Å². The third-order valence-electron chi connectivity index (χ3n) is 4.80. The van der Waals surface area contributed by atoms with E-state index in [0.29, 0.717) is 25.7 Å². The number of rotatable bonds is 7. The first-order chi connectivity index (χ1) is 12.0. The number of morpholine rings is 1. The fourth-order valence-corrected chi connectivity index (χ4v) is 3.06. The predicted molar refractivity (Wildman–Crippen MR) is 97.0 cm³/mol. The SMILES string of the molecule is CCC(C)CN(C)C(=O)NCC(c1cccc(F)c1)N1CCOCC1. The summed E-state index contributed by atoms with van der Waals surface area (Å²) < 4.78 is 19.1. The molecule has 25 heavy (non-hydrogen) atoms. The molecule has 0 radical (unpaired) electrons. The maximum atomic E-state index is 13.7. The Labute approximate surface area is 150 Å². The van der Waals surface area contributed by atoms with Gasteiger partial charge in [0.05, 0.1) is 19.3 Å². The van der Waals surface area contributed by atoms with Gasteiger partial charge in [0.25, 0.3) is 0 Å². The highest BCUT2D eigenvalue weighted by Crippen LogP contribution is 2.22. The molecule has 1 fully saturated rings. The molecule has 6 heteroatoms. The minimum absolute atomic E-state index is 0.0550. The van der Waals surface area contributed by atoms with Gasteiger partial charge in [0.15, 0.2) is 0 Å². The second kappa shape index (κ2) is 9.73. The lowest BCUT2D eigenvalue weighted by molar-refractivity contribution is 0.0164. The average molecular weight is 351 g/mol. The number of carbonyl (C=O) groups excluding carboxylic acids is 1. The Morgan fingerprint density at radius 2 is 2.12 bits per heavy atom. The van der Waals surface area contributed by atoms with E-state index >= 15 is 0 Å². The topological polar surface area (TPSA) is 44.8 Å². The lowest BCUT2D eigenvalue weighted by Gasteiger charge is -2.35. The highest BCUT2D eigenvalue weighted by Gasteiger charge is 2.24. The van der Waals surface area contributed by atoms with Crippen LogP contribution in [0.5, 0.6) is 0 Å². The van der Waals surface area contributed by atoms with Crippen LogP contribution in [-0.2, 0) is 4.74 Å².